The molecule has 1 heterocycles. The van der Waals surface area contributed by atoms with Crippen molar-refractivity contribution in [3.8, 4) is 23.0 Å². The highest BCUT2D eigenvalue weighted by molar-refractivity contribution is 5.61. The summed E-state index contributed by atoms with van der Waals surface area (Å²) in [7, 11) is 4.74. The van der Waals surface area contributed by atoms with E-state index < -0.39 is 11.2 Å². The van der Waals surface area contributed by atoms with Crippen molar-refractivity contribution in [2.75, 3.05) is 21.3 Å². The molecule has 0 aromatic heterocycles. The summed E-state index contributed by atoms with van der Waals surface area (Å²) in [5.41, 5.74) is -0.406. The average Bonchev–Trinajstić information content (AvgIpc) is 3.25. The Morgan fingerprint density at radius 1 is 0.938 bits per heavy atom. The molecule has 5 nitrogen and oxygen atoms in total. The van der Waals surface area contributed by atoms with Gasteiger partial charge in [0.1, 0.15) is 34.4 Å². The summed E-state index contributed by atoms with van der Waals surface area (Å²) < 4.78 is 37.3. The zero-order valence-corrected chi connectivity index (χ0v) is 18.2. The SMILES string of the molecule is COc1ccc(C23Oc4cc(OC)cc(OC)c4C2(O)CCC3c2cccc(F)c2)cc1. The fourth-order valence-corrected chi connectivity index (χ4v) is 5.47. The lowest BCUT2D eigenvalue weighted by Crippen LogP contribution is -2.48. The number of benzene rings is 3. The Balaban J connectivity index is 1.77. The number of methoxy groups -OCH3 is 3. The van der Waals surface area contributed by atoms with Crippen LogP contribution in [0, 0.1) is 5.82 Å². The van der Waals surface area contributed by atoms with Gasteiger partial charge in [0.2, 0.25) is 0 Å². The lowest BCUT2D eigenvalue weighted by molar-refractivity contribution is -0.106. The third-order valence-electron chi connectivity index (χ3n) is 6.85. The highest BCUT2D eigenvalue weighted by atomic mass is 19.1. The van der Waals surface area contributed by atoms with E-state index in [-0.39, 0.29) is 11.7 Å². The zero-order valence-electron chi connectivity index (χ0n) is 18.2. The Bertz CT molecular complexity index is 1160. The summed E-state index contributed by atoms with van der Waals surface area (Å²) in [6, 6.07) is 17.5. The van der Waals surface area contributed by atoms with Gasteiger partial charge in [-0.25, -0.2) is 4.39 Å². The van der Waals surface area contributed by atoms with E-state index in [9.17, 15) is 9.50 Å². The predicted molar refractivity (Wildman–Crippen MR) is 117 cm³/mol. The molecule has 1 fully saturated rings. The van der Waals surface area contributed by atoms with Gasteiger partial charge in [0.05, 0.1) is 26.9 Å². The number of hydrogen-bond acceptors (Lipinski definition) is 5. The van der Waals surface area contributed by atoms with Crippen molar-refractivity contribution in [2.24, 2.45) is 0 Å². The highest BCUT2D eigenvalue weighted by Crippen LogP contribution is 2.68. The van der Waals surface area contributed by atoms with E-state index in [0.717, 1.165) is 11.1 Å². The molecule has 0 saturated heterocycles. The molecular weight excluding hydrogens is 411 g/mol. The minimum atomic E-state index is -1.38. The first-order valence-corrected chi connectivity index (χ1v) is 10.5. The van der Waals surface area contributed by atoms with E-state index in [2.05, 4.69) is 0 Å². The van der Waals surface area contributed by atoms with E-state index >= 15 is 0 Å². The molecule has 3 atom stereocenters. The van der Waals surface area contributed by atoms with Gasteiger partial charge in [-0.3, -0.25) is 0 Å². The summed E-state index contributed by atoms with van der Waals surface area (Å²) in [5.74, 6) is 1.65. The number of aliphatic hydroxyl groups is 1. The van der Waals surface area contributed by atoms with Crippen LogP contribution in [-0.4, -0.2) is 26.4 Å². The molecule has 3 aromatic rings. The Labute approximate surface area is 186 Å². The van der Waals surface area contributed by atoms with Gasteiger partial charge in [0, 0.05) is 18.1 Å². The second kappa shape index (κ2) is 7.41. The zero-order chi connectivity index (χ0) is 22.5. The van der Waals surface area contributed by atoms with Crippen molar-refractivity contribution >= 4 is 0 Å². The van der Waals surface area contributed by atoms with Gasteiger partial charge in [-0.05, 0) is 48.2 Å². The molecule has 1 saturated carbocycles. The molecule has 6 heteroatoms. The number of ether oxygens (including phenoxy) is 4. The molecule has 3 aromatic carbocycles. The fraction of sp³-hybridized carbons (Fsp3) is 0.308. The van der Waals surface area contributed by atoms with Crippen molar-refractivity contribution < 1.29 is 28.4 Å². The molecular formula is C26H25FO5. The molecule has 1 N–H and O–H groups in total. The second-order valence-corrected chi connectivity index (χ2v) is 8.28. The third kappa shape index (κ3) is 2.72. The van der Waals surface area contributed by atoms with E-state index in [1.807, 2.05) is 30.3 Å². The van der Waals surface area contributed by atoms with Crippen molar-refractivity contribution in [1.82, 2.24) is 0 Å². The number of halogens is 1. The van der Waals surface area contributed by atoms with Crippen molar-refractivity contribution in [2.45, 2.75) is 30.0 Å². The summed E-state index contributed by atoms with van der Waals surface area (Å²) in [6.45, 7) is 0. The van der Waals surface area contributed by atoms with Crippen LogP contribution >= 0.6 is 0 Å². The molecule has 0 spiro atoms. The standard InChI is InChI=1S/C26H25FO5/c1-29-19-9-7-17(8-10-19)26-21(16-5-4-6-18(27)13-16)11-12-25(26,28)24-22(31-3)14-20(30-2)15-23(24)32-26/h4-10,13-15,21,28H,11-12H2,1-3H3. The average molecular weight is 436 g/mol. The lowest BCUT2D eigenvalue weighted by atomic mass is 9.71. The van der Waals surface area contributed by atoms with Gasteiger partial charge in [0.15, 0.2) is 5.60 Å². The molecule has 0 radical (unpaired) electrons. The van der Waals surface area contributed by atoms with E-state index in [0.29, 0.717) is 41.4 Å². The molecule has 166 valence electrons. The summed E-state index contributed by atoms with van der Waals surface area (Å²) in [6.07, 6.45) is 1.04. The monoisotopic (exact) mass is 436 g/mol. The van der Waals surface area contributed by atoms with Crippen molar-refractivity contribution in [3.63, 3.8) is 0 Å². The smallest absolute Gasteiger partial charge is 0.174 e. The molecule has 2 aliphatic rings. The summed E-state index contributed by atoms with van der Waals surface area (Å²) in [5, 5.41) is 12.3. The lowest BCUT2D eigenvalue weighted by Gasteiger charge is -2.40. The molecule has 0 amide bonds. The van der Waals surface area contributed by atoms with Crippen LogP contribution in [0.1, 0.15) is 35.4 Å². The van der Waals surface area contributed by atoms with Crippen LogP contribution in [0.3, 0.4) is 0 Å². The van der Waals surface area contributed by atoms with E-state index in [1.54, 1.807) is 39.5 Å². The Hall–Kier alpha value is -3.25. The minimum Gasteiger partial charge on any atom is -0.497 e. The molecule has 0 bridgehead atoms. The molecule has 1 aliphatic heterocycles. The maximum atomic E-state index is 14.2. The normalized spacial score (nSPS) is 25.6. The topological polar surface area (TPSA) is 57.2 Å². The fourth-order valence-electron chi connectivity index (χ4n) is 5.47. The largest absolute Gasteiger partial charge is 0.497 e. The number of rotatable bonds is 5. The van der Waals surface area contributed by atoms with Crippen LogP contribution in [-0.2, 0) is 11.2 Å². The van der Waals surface area contributed by atoms with Gasteiger partial charge in [-0.2, -0.15) is 0 Å². The van der Waals surface area contributed by atoms with Crippen molar-refractivity contribution in [3.05, 3.63) is 83.2 Å². The maximum absolute atomic E-state index is 14.2. The first-order valence-electron chi connectivity index (χ1n) is 10.5. The van der Waals surface area contributed by atoms with E-state index in [4.69, 9.17) is 18.9 Å². The van der Waals surface area contributed by atoms with Gasteiger partial charge < -0.3 is 24.1 Å². The molecule has 5 rings (SSSR count). The molecule has 1 aliphatic carbocycles. The molecule has 32 heavy (non-hydrogen) atoms. The van der Waals surface area contributed by atoms with Gasteiger partial charge in [-0.1, -0.05) is 24.3 Å². The summed E-state index contributed by atoms with van der Waals surface area (Å²) in [4.78, 5) is 0. The van der Waals surface area contributed by atoms with Crippen LogP contribution in [0.5, 0.6) is 23.0 Å². The van der Waals surface area contributed by atoms with Crippen LogP contribution in [0.25, 0.3) is 0 Å². The minimum absolute atomic E-state index is 0.292. The second-order valence-electron chi connectivity index (χ2n) is 8.28. The van der Waals surface area contributed by atoms with Crippen LogP contribution in [0.2, 0.25) is 0 Å². The maximum Gasteiger partial charge on any atom is 0.174 e. The number of hydrogen-bond donors (Lipinski definition) is 1. The summed E-state index contributed by atoms with van der Waals surface area (Å²) >= 11 is 0. The van der Waals surface area contributed by atoms with Crippen LogP contribution < -0.4 is 18.9 Å². The highest BCUT2D eigenvalue weighted by Gasteiger charge is 2.69. The Morgan fingerprint density at radius 3 is 2.34 bits per heavy atom. The quantitative estimate of drug-likeness (QED) is 0.616. The number of fused-ring (bicyclic) bond motifs is 3. The van der Waals surface area contributed by atoms with E-state index in [1.165, 1.54) is 12.1 Å². The molecule has 3 unspecified atom stereocenters. The predicted octanol–water partition coefficient (Wildman–Crippen LogP) is 4.90. The first-order chi connectivity index (χ1) is 15.5. The Morgan fingerprint density at radius 2 is 1.69 bits per heavy atom. The third-order valence-corrected chi connectivity index (χ3v) is 6.85. The Kier molecular flexibility index (Phi) is 4.78. The van der Waals surface area contributed by atoms with Crippen LogP contribution in [0.15, 0.2) is 60.7 Å². The first kappa shape index (κ1) is 20.6. The van der Waals surface area contributed by atoms with Crippen LogP contribution in [0.4, 0.5) is 4.39 Å². The van der Waals surface area contributed by atoms with Gasteiger partial charge in [-0.15, -0.1) is 0 Å². The van der Waals surface area contributed by atoms with Gasteiger partial charge >= 0.3 is 0 Å². The van der Waals surface area contributed by atoms with Gasteiger partial charge in [0.25, 0.3) is 0 Å². The van der Waals surface area contributed by atoms with Crippen molar-refractivity contribution in [1.29, 1.82) is 0 Å².